The summed E-state index contributed by atoms with van der Waals surface area (Å²) in [5.41, 5.74) is 15.1. The second-order valence-electron chi connectivity index (χ2n) is 6.07. The first-order valence-corrected chi connectivity index (χ1v) is 9.39. The zero-order valence-electron chi connectivity index (χ0n) is 14.6. The van der Waals surface area contributed by atoms with Crippen LogP contribution in [0.25, 0.3) is 11.3 Å². The van der Waals surface area contributed by atoms with Crippen LogP contribution in [0.2, 0.25) is 0 Å². The normalized spacial score (nSPS) is 11.9. The molecule has 0 bridgehead atoms. The topological polar surface area (TPSA) is 115 Å². The lowest BCUT2D eigenvalue weighted by Crippen LogP contribution is -2.32. The van der Waals surface area contributed by atoms with Crippen LogP contribution in [0.15, 0.2) is 65.7 Å². The zero-order chi connectivity index (χ0) is 19.2. The van der Waals surface area contributed by atoms with E-state index < -0.39 is 12.0 Å². The van der Waals surface area contributed by atoms with E-state index in [0.29, 0.717) is 0 Å². The van der Waals surface area contributed by atoms with Crippen molar-refractivity contribution in [2.24, 2.45) is 5.73 Å². The molecule has 138 valence electrons. The Labute approximate surface area is 161 Å². The number of thioether (sulfide) groups is 1. The number of carboxylic acid groups (broad SMARTS) is 1. The highest BCUT2D eigenvalue weighted by molar-refractivity contribution is 7.98. The van der Waals surface area contributed by atoms with Gasteiger partial charge in [-0.2, -0.15) is 0 Å². The van der Waals surface area contributed by atoms with Gasteiger partial charge in [0.2, 0.25) is 5.95 Å². The minimum Gasteiger partial charge on any atom is -0.480 e. The minimum atomic E-state index is -1.01. The van der Waals surface area contributed by atoms with E-state index in [0.717, 1.165) is 27.6 Å². The Morgan fingerprint density at radius 1 is 1.04 bits per heavy atom. The molecule has 3 rings (SSSR count). The van der Waals surface area contributed by atoms with Crippen LogP contribution >= 0.6 is 11.8 Å². The Hall–Kier alpha value is -2.90. The number of benzene rings is 2. The molecule has 0 aliphatic heterocycles. The summed E-state index contributed by atoms with van der Waals surface area (Å²) in [5.74, 6) is 0.00529. The molecule has 1 unspecified atom stereocenters. The van der Waals surface area contributed by atoms with Crippen LogP contribution in [0, 0.1) is 0 Å². The van der Waals surface area contributed by atoms with E-state index in [-0.39, 0.29) is 12.4 Å². The largest absolute Gasteiger partial charge is 0.480 e. The minimum absolute atomic E-state index is 0.222. The first-order chi connectivity index (χ1) is 13.0. The third kappa shape index (κ3) is 5.29. The molecule has 1 heterocycles. The number of carboxylic acids is 1. The summed E-state index contributed by atoms with van der Waals surface area (Å²) in [6.45, 7) is 0. The standard InChI is InChI=1S/C20H20N4O2S/c21-16(19(25)26)10-13-6-8-15(9-7-13)17-11-18(24-20(22)23-17)27-12-14-4-2-1-3-5-14/h1-9,11,16H,10,12,21H2,(H,25,26)(H2,22,23,24). The molecule has 1 aromatic heterocycles. The van der Waals surface area contributed by atoms with Gasteiger partial charge in [-0.3, -0.25) is 4.79 Å². The Morgan fingerprint density at radius 3 is 2.41 bits per heavy atom. The number of nitrogens with two attached hydrogens (primary N) is 2. The molecule has 0 aliphatic carbocycles. The molecule has 1 atom stereocenters. The SMILES string of the molecule is Nc1nc(SCc2ccccc2)cc(-c2ccc(CC(N)C(=O)O)cc2)n1. The third-order valence-corrected chi connectivity index (χ3v) is 4.95. The lowest BCUT2D eigenvalue weighted by atomic mass is 10.0. The van der Waals surface area contributed by atoms with Crippen molar-refractivity contribution in [2.75, 3.05) is 5.73 Å². The van der Waals surface area contributed by atoms with Gasteiger partial charge in [-0.1, -0.05) is 54.6 Å². The average Bonchev–Trinajstić information content (AvgIpc) is 2.67. The zero-order valence-corrected chi connectivity index (χ0v) is 15.4. The first kappa shape index (κ1) is 18.9. The van der Waals surface area contributed by atoms with Crippen LogP contribution in [0.3, 0.4) is 0 Å². The van der Waals surface area contributed by atoms with Gasteiger partial charge in [-0.15, -0.1) is 11.8 Å². The Bertz CT molecular complexity index is 917. The number of carbonyl (C=O) groups is 1. The summed E-state index contributed by atoms with van der Waals surface area (Å²) in [7, 11) is 0. The number of nitrogens with zero attached hydrogens (tertiary/aromatic N) is 2. The summed E-state index contributed by atoms with van der Waals surface area (Å²) in [6, 6.07) is 18.6. The molecular weight excluding hydrogens is 360 g/mol. The van der Waals surface area contributed by atoms with Crippen molar-refractivity contribution >= 4 is 23.7 Å². The average molecular weight is 380 g/mol. The summed E-state index contributed by atoms with van der Waals surface area (Å²) >= 11 is 1.60. The maximum absolute atomic E-state index is 10.9. The van der Waals surface area contributed by atoms with Crippen molar-refractivity contribution in [2.45, 2.75) is 23.2 Å². The van der Waals surface area contributed by atoms with Crippen LogP contribution in [0.5, 0.6) is 0 Å². The predicted octanol–water partition coefficient (Wildman–Crippen LogP) is 2.97. The number of nitrogen functional groups attached to an aromatic ring is 1. The molecule has 3 aromatic rings. The number of rotatable bonds is 7. The molecule has 7 heteroatoms. The monoisotopic (exact) mass is 380 g/mol. The number of aliphatic carboxylic acids is 1. The highest BCUT2D eigenvalue weighted by Gasteiger charge is 2.12. The van der Waals surface area contributed by atoms with Crippen LogP contribution in [-0.2, 0) is 17.0 Å². The maximum Gasteiger partial charge on any atom is 0.320 e. The van der Waals surface area contributed by atoms with Crippen molar-refractivity contribution in [1.29, 1.82) is 0 Å². The molecule has 0 spiro atoms. The Kier molecular flexibility index (Phi) is 6.05. The predicted molar refractivity (Wildman–Crippen MR) is 107 cm³/mol. The smallest absolute Gasteiger partial charge is 0.320 e. The summed E-state index contributed by atoms with van der Waals surface area (Å²) in [6.07, 6.45) is 0.277. The van der Waals surface area contributed by atoms with E-state index in [1.807, 2.05) is 48.5 Å². The maximum atomic E-state index is 10.9. The van der Waals surface area contributed by atoms with Crippen molar-refractivity contribution in [3.63, 3.8) is 0 Å². The van der Waals surface area contributed by atoms with Crippen molar-refractivity contribution in [3.8, 4) is 11.3 Å². The van der Waals surface area contributed by atoms with E-state index in [4.69, 9.17) is 16.6 Å². The number of anilines is 1. The highest BCUT2D eigenvalue weighted by Crippen LogP contribution is 2.26. The van der Waals surface area contributed by atoms with Gasteiger partial charge in [0.05, 0.1) is 5.69 Å². The molecule has 0 fully saturated rings. The van der Waals surface area contributed by atoms with Gasteiger partial charge in [-0.25, -0.2) is 9.97 Å². The Balaban J connectivity index is 1.74. The second-order valence-corrected chi connectivity index (χ2v) is 7.07. The van der Waals surface area contributed by atoms with Gasteiger partial charge in [0, 0.05) is 11.3 Å². The van der Waals surface area contributed by atoms with Gasteiger partial charge < -0.3 is 16.6 Å². The molecule has 0 amide bonds. The van der Waals surface area contributed by atoms with Gasteiger partial charge in [-0.05, 0) is 23.6 Å². The fourth-order valence-corrected chi connectivity index (χ4v) is 3.41. The summed E-state index contributed by atoms with van der Waals surface area (Å²) in [4.78, 5) is 19.5. The third-order valence-electron chi connectivity index (χ3n) is 3.97. The molecule has 0 aliphatic rings. The van der Waals surface area contributed by atoms with Crippen molar-refractivity contribution in [1.82, 2.24) is 9.97 Å². The lowest BCUT2D eigenvalue weighted by molar-refractivity contribution is -0.138. The first-order valence-electron chi connectivity index (χ1n) is 8.40. The summed E-state index contributed by atoms with van der Waals surface area (Å²) < 4.78 is 0. The molecule has 27 heavy (non-hydrogen) atoms. The van der Waals surface area contributed by atoms with E-state index >= 15 is 0 Å². The lowest BCUT2D eigenvalue weighted by Gasteiger charge is -2.09. The molecular formula is C20H20N4O2S. The fourth-order valence-electron chi connectivity index (χ4n) is 2.55. The molecule has 0 saturated carbocycles. The fraction of sp³-hybridized carbons (Fsp3) is 0.150. The molecule has 0 radical (unpaired) electrons. The van der Waals surface area contributed by atoms with E-state index in [1.54, 1.807) is 11.8 Å². The highest BCUT2D eigenvalue weighted by atomic mass is 32.2. The molecule has 0 saturated heterocycles. The number of hydrogen-bond acceptors (Lipinski definition) is 6. The van der Waals surface area contributed by atoms with Gasteiger partial charge in [0.1, 0.15) is 11.1 Å². The van der Waals surface area contributed by atoms with Crippen LogP contribution < -0.4 is 11.5 Å². The molecule has 5 N–H and O–H groups in total. The Morgan fingerprint density at radius 2 is 1.74 bits per heavy atom. The van der Waals surface area contributed by atoms with Crippen molar-refractivity contribution in [3.05, 3.63) is 71.8 Å². The van der Waals surface area contributed by atoms with Crippen LogP contribution in [0.1, 0.15) is 11.1 Å². The van der Waals surface area contributed by atoms with E-state index in [2.05, 4.69) is 22.1 Å². The van der Waals surface area contributed by atoms with E-state index in [9.17, 15) is 4.79 Å². The van der Waals surface area contributed by atoms with Gasteiger partial charge in [0.15, 0.2) is 0 Å². The number of aromatic nitrogens is 2. The van der Waals surface area contributed by atoms with Crippen molar-refractivity contribution < 1.29 is 9.90 Å². The van der Waals surface area contributed by atoms with Crippen LogP contribution in [-0.4, -0.2) is 27.1 Å². The summed E-state index contributed by atoms with van der Waals surface area (Å²) in [5, 5.41) is 9.72. The van der Waals surface area contributed by atoms with Gasteiger partial charge >= 0.3 is 5.97 Å². The van der Waals surface area contributed by atoms with E-state index in [1.165, 1.54) is 5.56 Å². The second kappa shape index (κ2) is 8.66. The number of hydrogen-bond donors (Lipinski definition) is 3. The molecule has 2 aromatic carbocycles. The van der Waals surface area contributed by atoms with Gasteiger partial charge in [0.25, 0.3) is 0 Å². The quantitative estimate of drug-likeness (QED) is 0.426. The molecule has 6 nitrogen and oxygen atoms in total. The van der Waals surface area contributed by atoms with Crippen LogP contribution in [0.4, 0.5) is 5.95 Å².